The van der Waals surface area contributed by atoms with Gasteiger partial charge in [-0.05, 0) is 85.0 Å². The number of halogens is 2. The van der Waals surface area contributed by atoms with Gasteiger partial charge in [0.15, 0.2) is 0 Å². The van der Waals surface area contributed by atoms with Crippen molar-refractivity contribution in [3.05, 3.63) is 92.0 Å². The minimum absolute atomic E-state index is 0.0401. The van der Waals surface area contributed by atoms with Gasteiger partial charge in [-0.1, -0.05) is 85.3 Å². The zero-order valence-electron chi connectivity index (χ0n) is 31.6. The van der Waals surface area contributed by atoms with E-state index in [0.29, 0.717) is 46.7 Å². The Morgan fingerprint density at radius 3 is 1.41 bits per heavy atom. The number of pyridine rings is 2. The van der Waals surface area contributed by atoms with Gasteiger partial charge in [-0.2, -0.15) is 9.97 Å². The smallest absolute Gasteiger partial charge is 0.236 e. The van der Waals surface area contributed by atoms with Crippen molar-refractivity contribution in [2.24, 2.45) is 0 Å². The Morgan fingerprint density at radius 2 is 1.02 bits per heavy atom. The number of hydrogen-bond donors (Lipinski definition) is 4. The molecule has 0 aliphatic heterocycles. The average molecular weight is 780 g/mol. The SMILES string of the molecule is COc1nc(OCc2cccc(-c3cccc(COc4nc(OC)c(CN[C@H]5CCCC[C@H]5O)cc4Cl)c3C)c2C)c(Cl)cc1CN[C@H]1CCCC[C@H]1O. The van der Waals surface area contributed by atoms with Crippen LogP contribution in [0.3, 0.4) is 0 Å². The number of methoxy groups -OCH3 is 2. The molecule has 10 nitrogen and oxygen atoms in total. The first-order valence-electron chi connectivity index (χ1n) is 18.9. The fourth-order valence-electron chi connectivity index (χ4n) is 7.53. The zero-order chi connectivity index (χ0) is 38.2. The van der Waals surface area contributed by atoms with Crippen LogP contribution in [0.4, 0.5) is 0 Å². The van der Waals surface area contributed by atoms with Crippen LogP contribution in [-0.2, 0) is 26.3 Å². The lowest BCUT2D eigenvalue weighted by Crippen LogP contribution is -2.41. The van der Waals surface area contributed by atoms with Crippen molar-refractivity contribution in [3.63, 3.8) is 0 Å². The molecule has 0 bridgehead atoms. The summed E-state index contributed by atoms with van der Waals surface area (Å²) in [6.07, 6.45) is 7.10. The molecule has 290 valence electrons. The van der Waals surface area contributed by atoms with Crippen molar-refractivity contribution < 1.29 is 29.2 Å². The lowest BCUT2D eigenvalue weighted by Gasteiger charge is -2.28. The Morgan fingerprint density at radius 1 is 0.611 bits per heavy atom. The Kier molecular flexibility index (Phi) is 13.9. The summed E-state index contributed by atoms with van der Waals surface area (Å²) in [6, 6.07) is 16.1. The number of rotatable bonds is 15. The van der Waals surface area contributed by atoms with E-state index in [0.717, 1.165) is 95.9 Å². The van der Waals surface area contributed by atoms with E-state index in [1.54, 1.807) is 14.2 Å². The monoisotopic (exact) mass is 778 g/mol. The van der Waals surface area contributed by atoms with Gasteiger partial charge >= 0.3 is 0 Å². The Hall–Kier alpha value is -3.64. The highest BCUT2D eigenvalue weighted by atomic mass is 35.5. The lowest BCUT2D eigenvalue weighted by molar-refractivity contribution is 0.0899. The molecule has 2 aliphatic rings. The van der Waals surface area contributed by atoms with Gasteiger partial charge in [-0.3, -0.25) is 0 Å². The van der Waals surface area contributed by atoms with Crippen LogP contribution < -0.4 is 29.6 Å². The summed E-state index contributed by atoms with van der Waals surface area (Å²) < 4.78 is 23.6. The van der Waals surface area contributed by atoms with Gasteiger partial charge in [-0.15, -0.1) is 0 Å². The van der Waals surface area contributed by atoms with Gasteiger partial charge in [-0.25, -0.2) is 0 Å². The van der Waals surface area contributed by atoms with Crippen molar-refractivity contribution in [2.45, 2.75) is 116 Å². The highest BCUT2D eigenvalue weighted by Gasteiger charge is 2.25. The molecule has 2 aromatic heterocycles. The summed E-state index contributed by atoms with van der Waals surface area (Å²) >= 11 is 13.3. The highest BCUT2D eigenvalue weighted by molar-refractivity contribution is 6.32. The third-order valence-corrected chi connectivity index (χ3v) is 11.4. The molecular formula is C42H52Cl2N4O6. The lowest BCUT2D eigenvalue weighted by atomic mass is 9.92. The van der Waals surface area contributed by atoms with Crippen molar-refractivity contribution in [2.75, 3.05) is 14.2 Å². The molecule has 2 aliphatic carbocycles. The molecule has 0 radical (unpaired) electrons. The van der Waals surface area contributed by atoms with E-state index in [1.807, 2.05) is 36.4 Å². The van der Waals surface area contributed by atoms with Crippen molar-refractivity contribution in [3.8, 4) is 34.6 Å². The first kappa shape index (κ1) is 40.0. The van der Waals surface area contributed by atoms with Gasteiger partial charge in [0.25, 0.3) is 0 Å². The second-order valence-electron chi connectivity index (χ2n) is 14.3. The molecule has 2 heterocycles. The second-order valence-corrected chi connectivity index (χ2v) is 15.1. The standard InChI is InChI=1S/C42H52Cl2N4O6/c1-25-27(23-53-41-33(43)19-29(39(47-41)51-3)21-45-35-15-5-7-17-37(35)49)11-9-13-31(25)32-14-10-12-28(26(32)2)24-54-42-34(44)20-30(40(48-42)52-4)22-46-36-16-6-8-18-38(36)50/h9-14,19-20,35-38,45-46,49-50H,5-8,15-18,21-24H2,1-4H3/t35-,36-,37+,38+/m0/s1. The first-order valence-corrected chi connectivity index (χ1v) is 19.6. The number of nitrogens with zero attached hydrogens (tertiary/aromatic N) is 2. The van der Waals surface area contributed by atoms with Crippen molar-refractivity contribution in [1.82, 2.24) is 20.6 Å². The maximum atomic E-state index is 10.4. The van der Waals surface area contributed by atoms with E-state index < -0.39 is 0 Å². The Labute approximate surface area is 328 Å². The number of hydrogen-bond acceptors (Lipinski definition) is 10. The van der Waals surface area contributed by atoms with Crippen LogP contribution >= 0.6 is 23.2 Å². The van der Waals surface area contributed by atoms with Crippen LogP contribution in [0, 0.1) is 13.8 Å². The molecule has 0 spiro atoms. The molecule has 4 N–H and O–H groups in total. The van der Waals surface area contributed by atoms with E-state index in [2.05, 4.69) is 46.6 Å². The van der Waals surface area contributed by atoms with Crippen LogP contribution in [0.2, 0.25) is 10.0 Å². The van der Waals surface area contributed by atoms with E-state index in [1.165, 1.54) is 0 Å². The molecular weight excluding hydrogens is 727 g/mol. The van der Waals surface area contributed by atoms with E-state index in [4.69, 9.17) is 42.1 Å². The summed E-state index contributed by atoms with van der Waals surface area (Å²) in [6.45, 7) is 5.67. The molecule has 54 heavy (non-hydrogen) atoms. The van der Waals surface area contributed by atoms with Crippen LogP contribution in [0.15, 0.2) is 48.5 Å². The number of ether oxygens (including phenoxy) is 4. The van der Waals surface area contributed by atoms with Crippen LogP contribution in [0.1, 0.15) is 84.7 Å². The molecule has 2 aromatic carbocycles. The number of aliphatic hydroxyl groups excluding tert-OH is 2. The summed E-state index contributed by atoms with van der Waals surface area (Å²) in [7, 11) is 3.16. The summed E-state index contributed by atoms with van der Waals surface area (Å²) in [5.41, 5.74) is 7.93. The fraction of sp³-hybridized carbons (Fsp3) is 0.476. The number of aliphatic hydroxyl groups is 2. The third-order valence-electron chi connectivity index (χ3n) is 10.8. The first-order chi connectivity index (χ1) is 26.2. The predicted octanol–water partition coefficient (Wildman–Crippen LogP) is 8.03. The zero-order valence-corrected chi connectivity index (χ0v) is 33.1. The van der Waals surface area contributed by atoms with Gasteiger partial charge in [0, 0.05) is 36.3 Å². The molecule has 0 unspecified atom stereocenters. The average Bonchev–Trinajstić information content (AvgIpc) is 3.17. The maximum absolute atomic E-state index is 10.4. The van der Waals surface area contributed by atoms with Crippen LogP contribution in [0.25, 0.3) is 11.1 Å². The quantitative estimate of drug-likeness (QED) is 0.0943. The van der Waals surface area contributed by atoms with Crippen LogP contribution in [-0.4, -0.2) is 58.7 Å². The number of benzene rings is 2. The second kappa shape index (κ2) is 18.8. The minimum atomic E-state index is -0.352. The van der Waals surface area contributed by atoms with Crippen LogP contribution in [0.5, 0.6) is 23.5 Å². The Bertz CT molecular complexity index is 1760. The predicted molar refractivity (Wildman–Crippen MR) is 212 cm³/mol. The van der Waals surface area contributed by atoms with Gasteiger partial charge < -0.3 is 39.8 Å². The van der Waals surface area contributed by atoms with Gasteiger partial charge in [0.05, 0.1) is 26.4 Å². The Balaban J connectivity index is 1.12. The topological polar surface area (TPSA) is 127 Å². The van der Waals surface area contributed by atoms with E-state index >= 15 is 0 Å². The largest absolute Gasteiger partial charge is 0.481 e. The highest BCUT2D eigenvalue weighted by Crippen LogP contribution is 2.35. The molecule has 0 saturated heterocycles. The molecule has 2 saturated carbocycles. The molecule has 0 amide bonds. The van der Waals surface area contributed by atoms with Gasteiger partial charge in [0.1, 0.15) is 23.3 Å². The van der Waals surface area contributed by atoms with Crippen molar-refractivity contribution in [1.29, 1.82) is 0 Å². The minimum Gasteiger partial charge on any atom is -0.481 e. The molecule has 4 aromatic rings. The maximum Gasteiger partial charge on any atom is 0.236 e. The van der Waals surface area contributed by atoms with Gasteiger partial charge in [0.2, 0.25) is 23.5 Å². The molecule has 4 atom stereocenters. The number of nitrogens with one attached hydrogen (secondary N) is 2. The molecule has 2 fully saturated rings. The molecule has 12 heteroatoms. The summed E-state index contributed by atoms with van der Waals surface area (Å²) in [5.74, 6) is 1.47. The summed E-state index contributed by atoms with van der Waals surface area (Å²) in [4.78, 5) is 9.19. The third kappa shape index (κ3) is 9.59. The summed E-state index contributed by atoms with van der Waals surface area (Å²) in [5, 5.41) is 28.4. The fourth-order valence-corrected chi connectivity index (χ4v) is 7.99. The van der Waals surface area contributed by atoms with E-state index in [9.17, 15) is 10.2 Å². The van der Waals surface area contributed by atoms with E-state index in [-0.39, 0.29) is 37.5 Å². The normalized spacial score (nSPS) is 20.1. The number of aromatic nitrogens is 2. The van der Waals surface area contributed by atoms with Crippen molar-refractivity contribution >= 4 is 23.2 Å². The molecule has 6 rings (SSSR count).